The highest BCUT2D eigenvalue weighted by atomic mass is 32.1. The van der Waals surface area contributed by atoms with Crippen LogP contribution in [0.3, 0.4) is 0 Å². The van der Waals surface area contributed by atoms with Gasteiger partial charge in [0, 0.05) is 14.4 Å². The summed E-state index contributed by atoms with van der Waals surface area (Å²) in [7, 11) is 1.63. The average molecular weight is 436 g/mol. The van der Waals surface area contributed by atoms with Gasteiger partial charge < -0.3 is 14.2 Å². The second-order valence-corrected chi connectivity index (χ2v) is 7.27. The molecule has 2 aromatic carbocycles. The van der Waals surface area contributed by atoms with E-state index < -0.39 is 6.10 Å². The molecule has 5 heteroatoms. The van der Waals surface area contributed by atoms with E-state index in [1.165, 1.54) is 5.56 Å². The van der Waals surface area contributed by atoms with Crippen LogP contribution in [0.25, 0.3) is 0 Å². The number of hydrogen-bond donors (Lipinski definition) is 1. The summed E-state index contributed by atoms with van der Waals surface area (Å²) >= 11 is 0.773. The number of methoxy groups -OCH3 is 1. The van der Waals surface area contributed by atoms with E-state index in [0.717, 1.165) is 24.5 Å². The van der Waals surface area contributed by atoms with Crippen LogP contribution in [0.15, 0.2) is 60.7 Å². The third kappa shape index (κ3) is 9.90. The Bertz CT molecular complexity index is 716. The highest BCUT2D eigenvalue weighted by molar-refractivity contribution is 7.79. The molecule has 0 amide bonds. The van der Waals surface area contributed by atoms with Crippen LogP contribution >= 0.6 is 12.5 Å². The number of rotatable bonds is 13. The smallest absolute Gasteiger partial charge is 0.165 e. The molecule has 30 heavy (non-hydrogen) atoms. The molecule has 2 aromatic rings. The van der Waals surface area contributed by atoms with Gasteiger partial charge in [-0.3, -0.25) is 4.79 Å². The van der Waals surface area contributed by atoms with Gasteiger partial charge in [-0.15, -0.1) is 0 Å². The van der Waals surface area contributed by atoms with Crippen LogP contribution < -0.4 is 0 Å². The Morgan fingerprint density at radius 2 is 1.60 bits per heavy atom. The zero-order chi connectivity index (χ0) is 23.6. The quantitative estimate of drug-likeness (QED) is 0.277. The maximum atomic E-state index is 13.2. The lowest BCUT2D eigenvalue weighted by Crippen LogP contribution is -2.37. The van der Waals surface area contributed by atoms with Crippen LogP contribution in [0, 0.1) is 11.8 Å². The molecule has 0 radical (unpaired) electrons. The van der Waals surface area contributed by atoms with E-state index in [4.69, 9.17) is 16.7 Å². The molecule has 0 saturated heterocycles. The number of carbonyl (C=O) groups is 1. The topological polar surface area (TPSA) is 44.8 Å². The molecule has 0 aliphatic heterocycles. The van der Waals surface area contributed by atoms with Crippen molar-refractivity contribution in [3.8, 4) is 0 Å². The van der Waals surface area contributed by atoms with Crippen LogP contribution in [0.4, 0.5) is 0 Å². The predicted octanol–water partition coefficient (Wildman–Crippen LogP) is 4.86. The number of ether oxygens (including phenoxy) is 3. The van der Waals surface area contributed by atoms with Gasteiger partial charge >= 0.3 is 0 Å². The molecular weight excluding hydrogens is 396 g/mol. The van der Waals surface area contributed by atoms with Gasteiger partial charge in [-0.2, -0.15) is 12.5 Å². The van der Waals surface area contributed by atoms with Crippen LogP contribution in [0.1, 0.15) is 26.3 Å². The maximum absolute atomic E-state index is 13.2. The van der Waals surface area contributed by atoms with Crippen molar-refractivity contribution in [3.05, 3.63) is 71.8 Å². The van der Waals surface area contributed by atoms with Crippen LogP contribution in [0.5, 0.6) is 0 Å². The Morgan fingerprint density at radius 1 is 1.03 bits per heavy atom. The third-order valence-corrected chi connectivity index (χ3v) is 4.83. The Balaban J connectivity index is 0.00000118. The van der Waals surface area contributed by atoms with E-state index >= 15 is 0 Å². The lowest BCUT2D eigenvalue weighted by Gasteiger charge is -2.26. The average Bonchev–Trinajstić information content (AvgIpc) is 2.82. The highest BCUT2D eigenvalue weighted by Gasteiger charge is 2.30. The Labute approximate surface area is 189 Å². The first-order chi connectivity index (χ1) is 15.5. The zero-order valence-corrected chi connectivity index (χ0v) is 19.1. The minimum Gasteiger partial charge on any atom is -0.382 e. The minimum atomic E-state index is -0.499. The number of carbonyl (C=O) groups excluding carboxylic acids is 1. The first kappa shape index (κ1) is 23.0. The molecule has 0 bridgehead atoms. The SMILES string of the molecule is COCCOCO[C@H](C(=O)[C@H](C)Cc1ccccc1)[C@H](C)Cc1ccccc1.[2H]CS[3H]. The molecule has 0 N–H and O–H groups in total. The van der Waals surface area contributed by atoms with Gasteiger partial charge in [0.05, 0.1) is 13.2 Å². The number of hydrogen-bond acceptors (Lipinski definition) is 5. The van der Waals surface area contributed by atoms with Gasteiger partial charge in [-0.25, -0.2) is 0 Å². The Hall–Kier alpha value is -1.66. The molecular formula is C25H36O4S. The normalized spacial score (nSPS) is 14.5. The summed E-state index contributed by atoms with van der Waals surface area (Å²) in [4.78, 5) is 13.2. The summed E-state index contributed by atoms with van der Waals surface area (Å²) in [6.07, 6.45) is 1.15. The highest BCUT2D eigenvalue weighted by Crippen LogP contribution is 2.21. The summed E-state index contributed by atoms with van der Waals surface area (Å²) in [5, 5.41) is 0. The molecule has 4 nitrogen and oxygen atoms in total. The molecule has 0 heterocycles. The van der Waals surface area contributed by atoms with Crippen molar-refractivity contribution in [1.29, 1.82) is 1.12 Å². The second kappa shape index (κ2) is 16.1. The third-order valence-electron chi connectivity index (χ3n) is 4.83. The molecule has 0 aliphatic rings. The number of Topliss-reactive ketones (excluding diaryl/α,β-unsaturated/α-hetero) is 1. The van der Waals surface area contributed by atoms with Gasteiger partial charge in [0.15, 0.2) is 5.78 Å². The van der Waals surface area contributed by atoms with E-state index in [9.17, 15) is 4.79 Å². The molecule has 2 rings (SSSR count). The molecule has 3 atom stereocenters. The van der Waals surface area contributed by atoms with Crippen LogP contribution in [0.2, 0.25) is 0 Å². The summed E-state index contributed by atoms with van der Waals surface area (Å²) in [5.74, 6) is 0.0615. The van der Waals surface area contributed by atoms with Gasteiger partial charge in [0.25, 0.3) is 0 Å². The van der Waals surface area contributed by atoms with Crippen LogP contribution in [-0.4, -0.2) is 46.4 Å². The van der Waals surface area contributed by atoms with E-state index in [1.54, 1.807) is 7.11 Å². The lowest BCUT2D eigenvalue weighted by molar-refractivity contribution is -0.152. The standard InChI is InChI=1S/C24H32O4.CH4S/c1-19(16-21-10-6-4-7-11-21)23(25)24(28-18-27-15-14-26-3)20(2)17-22-12-8-5-9-13-22;1-2/h4-13,19-20,24H,14-18H2,1-3H3;2H,1H3/t19-,20-,24+;/m1./s1/i;1D/hT. The molecule has 0 aromatic heterocycles. The van der Waals surface area contributed by atoms with E-state index in [0.29, 0.717) is 19.6 Å². The van der Waals surface area contributed by atoms with Gasteiger partial charge in [0.2, 0.25) is 0 Å². The molecule has 0 aliphatic carbocycles. The van der Waals surface area contributed by atoms with Crippen molar-refractivity contribution in [2.75, 3.05) is 33.3 Å². The summed E-state index contributed by atoms with van der Waals surface area (Å²) in [6, 6.07) is 20.3. The fraction of sp³-hybridized carbons (Fsp3) is 0.480. The number of ketones is 1. The van der Waals surface area contributed by atoms with E-state index in [1.807, 2.05) is 43.3 Å². The van der Waals surface area contributed by atoms with Crippen molar-refractivity contribution in [3.63, 3.8) is 0 Å². The summed E-state index contributed by atoms with van der Waals surface area (Å²) < 4.78 is 28.8. The predicted molar refractivity (Wildman–Crippen MR) is 126 cm³/mol. The molecule has 0 unspecified atom stereocenters. The first-order valence-corrected chi connectivity index (χ1v) is 10.8. The monoisotopic (exact) mass is 435 g/mol. The zero-order valence-electron chi connectivity index (χ0n) is 20.3. The Morgan fingerprint density at radius 3 is 2.13 bits per heavy atom. The van der Waals surface area contributed by atoms with Gasteiger partial charge in [-0.05, 0) is 36.1 Å². The van der Waals surface area contributed by atoms with Crippen molar-refractivity contribution < 1.29 is 20.4 Å². The van der Waals surface area contributed by atoms with Gasteiger partial charge in [0.1, 0.15) is 14.0 Å². The minimum absolute atomic E-state index is 0.0548. The molecule has 0 spiro atoms. The maximum Gasteiger partial charge on any atom is 0.165 e. The first-order valence-electron chi connectivity index (χ1n) is 11.3. The van der Waals surface area contributed by atoms with E-state index in [2.05, 4.69) is 31.2 Å². The molecule has 0 fully saturated rings. The number of benzene rings is 2. The summed E-state index contributed by atoms with van der Waals surface area (Å²) in [5.41, 5.74) is 2.36. The van der Waals surface area contributed by atoms with Crippen molar-refractivity contribution in [2.45, 2.75) is 32.8 Å². The van der Waals surface area contributed by atoms with Crippen molar-refractivity contribution in [1.82, 2.24) is 0 Å². The van der Waals surface area contributed by atoms with Gasteiger partial charge in [-0.1, -0.05) is 74.5 Å². The van der Waals surface area contributed by atoms with Crippen LogP contribution in [-0.2, 0) is 31.8 Å². The fourth-order valence-corrected chi connectivity index (χ4v) is 3.29. The summed E-state index contributed by atoms with van der Waals surface area (Å²) in [6.45, 7) is 5.10. The molecule has 166 valence electrons. The van der Waals surface area contributed by atoms with Crippen molar-refractivity contribution >= 4 is 18.3 Å². The lowest BCUT2D eigenvalue weighted by atomic mass is 9.86. The van der Waals surface area contributed by atoms with E-state index in [-0.39, 0.29) is 30.6 Å². The fourth-order valence-electron chi connectivity index (χ4n) is 3.29. The Kier molecular flexibility index (Phi) is 12.3. The second-order valence-electron chi connectivity index (χ2n) is 7.27. The number of thiol groups is 1. The molecule has 0 saturated carbocycles. The largest absolute Gasteiger partial charge is 0.382 e. The van der Waals surface area contributed by atoms with Crippen molar-refractivity contribution in [2.24, 2.45) is 11.8 Å².